The molecule has 1 aromatic carbocycles. The maximum atomic E-state index is 13.1. The number of carbonyl (C=O) groups excluding carboxylic acids is 1. The van der Waals surface area contributed by atoms with Crippen LogP contribution in [0.5, 0.6) is 0 Å². The number of carboxylic acids is 1. The van der Waals surface area contributed by atoms with E-state index in [2.05, 4.69) is 5.32 Å². The fourth-order valence-electron chi connectivity index (χ4n) is 2.65. The summed E-state index contributed by atoms with van der Waals surface area (Å²) in [6, 6.07) is 2.76. The molecule has 1 aliphatic rings. The summed E-state index contributed by atoms with van der Waals surface area (Å²) in [6.07, 6.45) is 0.805. The number of aliphatic carboxylic acids is 1. The van der Waals surface area contributed by atoms with Gasteiger partial charge in [-0.05, 0) is 37.6 Å². The maximum absolute atomic E-state index is 13.1. The number of benzene rings is 1. The predicted octanol–water partition coefficient (Wildman–Crippen LogP) is 1.17. The molecule has 0 bridgehead atoms. The number of hydrogen-bond acceptors (Lipinski definition) is 3. The molecule has 120 valence electrons. The van der Waals surface area contributed by atoms with Crippen LogP contribution in [0.1, 0.15) is 18.4 Å². The van der Waals surface area contributed by atoms with Crippen molar-refractivity contribution in [2.45, 2.75) is 31.3 Å². The SMILES string of the molecule is CN1C[C@@H](NC(=O)CCc2ccc(F)c(F)c2)C[C@H]1C(=O)O. The molecule has 0 saturated carbocycles. The standard InChI is InChI=1S/C15H18F2N2O3/c1-19-8-10(7-13(19)15(21)22)18-14(20)5-3-9-2-4-11(16)12(17)6-9/h2,4,6,10,13H,3,5,7-8H2,1H3,(H,18,20)(H,21,22)/t10-,13-/m0/s1. The quantitative estimate of drug-likeness (QED) is 0.856. The van der Waals surface area contributed by atoms with Gasteiger partial charge >= 0.3 is 5.97 Å². The van der Waals surface area contributed by atoms with Crippen LogP contribution in [0, 0.1) is 11.6 Å². The second-order valence-corrected chi connectivity index (χ2v) is 5.54. The molecule has 0 aromatic heterocycles. The molecule has 2 N–H and O–H groups in total. The third-order valence-corrected chi connectivity index (χ3v) is 3.82. The first-order valence-corrected chi connectivity index (χ1v) is 7.03. The van der Waals surface area contributed by atoms with E-state index in [-0.39, 0.29) is 18.4 Å². The summed E-state index contributed by atoms with van der Waals surface area (Å²) in [7, 11) is 1.70. The molecule has 1 heterocycles. The van der Waals surface area contributed by atoms with Crippen molar-refractivity contribution >= 4 is 11.9 Å². The van der Waals surface area contributed by atoms with E-state index in [1.54, 1.807) is 11.9 Å². The van der Waals surface area contributed by atoms with Gasteiger partial charge in [0.15, 0.2) is 11.6 Å². The summed E-state index contributed by atoms with van der Waals surface area (Å²) < 4.78 is 25.9. The van der Waals surface area contributed by atoms with E-state index in [4.69, 9.17) is 5.11 Å². The van der Waals surface area contributed by atoms with Gasteiger partial charge in [-0.15, -0.1) is 0 Å². The first kappa shape index (κ1) is 16.4. The van der Waals surface area contributed by atoms with Crippen LogP contribution in [0.2, 0.25) is 0 Å². The topological polar surface area (TPSA) is 69.6 Å². The number of nitrogens with zero attached hydrogens (tertiary/aromatic N) is 1. The van der Waals surface area contributed by atoms with E-state index in [9.17, 15) is 18.4 Å². The lowest BCUT2D eigenvalue weighted by molar-refractivity contribution is -0.141. The molecule has 7 heteroatoms. The Kier molecular flexibility index (Phi) is 5.07. The molecule has 1 aliphatic heterocycles. The van der Waals surface area contributed by atoms with E-state index in [1.165, 1.54) is 6.07 Å². The highest BCUT2D eigenvalue weighted by molar-refractivity contribution is 5.77. The van der Waals surface area contributed by atoms with Gasteiger partial charge in [0.25, 0.3) is 0 Å². The van der Waals surface area contributed by atoms with Crippen molar-refractivity contribution in [2.75, 3.05) is 13.6 Å². The number of likely N-dealkylation sites (tertiary alicyclic amines) is 1. The Labute approximate surface area is 126 Å². The van der Waals surface area contributed by atoms with Crippen LogP contribution in [0.4, 0.5) is 8.78 Å². The molecule has 1 saturated heterocycles. The fraction of sp³-hybridized carbons (Fsp3) is 0.467. The highest BCUT2D eigenvalue weighted by atomic mass is 19.2. The zero-order chi connectivity index (χ0) is 16.3. The molecule has 0 aliphatic carbocycles. The zero-order valence-corrected chi connectivity index (χ0v) is 12.2. The van der Waals surface area contributed by atoms with E-state index < -0.39 is 23.6 Å². The molecule has 2 rings (SSSR count). The lowest BCUT2D eigenvalue weighted by Crippen LogP contribution is -2.36. The number of nitrogens with one attached hydrogen (secondary N) is 1. The zero-order valence-electron chi connectivity index (χ0n) is 12.2. The summed E-state index contributed by atoms with van der Waals surface area (Å²) in [6.45, 7) is 0.480. The summed E-state index contributed by atoms with van der Waals surface area (Å²) >= 11 is 0. The van der Waals surface area contributed by atoms with Gasteiger partial charge in [-0.1, -0.05) is 6.07 Å². The van der Waals surface area contributed by atoms with Crippen LogP contribution in [-0.2, 0) is 16.0 Å². The van der Waals surface area contributed by atoms with Crippen LogP contribution in [-0.4, -0.2) is 47.6 Å². The number of halogens is 2. The molecule has 0 radical (unpaired) electrons. The van der Waals surface area contributed by atoms with Crippen LogP contribution >= 0.6 is 0 Å². The van der Waals surface area contributed by atoms with Crippen molar-refractivity contribution in [3.63, 3.8) is 0 Å². The summed E-state index contributed by atoms with van der Waals surface area (Å²) in [5.74, 6) is -2.98. The summed E-state index contributed by atoms with van der Waals surface area (Å²) in [4.78, 5) is 24.5. The second kappa shape index (κ2) is 6.83. The Morgan fingerprint density at radius 3 is 2.68 bits per heavy atom. The molecule has 0 unspecified atom stereocenters. The number of carbonyl (C=O) groups is 2. The Hall–Kier alpha value is -2.02. The van der Waals surface area contributed by atoms with Crippen molar-refractivity contribution in [1.29, 1.82) is 0 Å². The maximum Gasteiger partial charge on any atom is 0.320 e. The molecule has 1 fully saturated rings. The van der Waals surface area contributed by atoms with E-state index in [1.807, 2.05) is 0 Å². The minimum Gasteiger partial charge on any atom is -0.480 e. The minimum atomic E-state index is -0.931. The Morgan fingerprint density at radius 1 is 1.36 bits per heavy atom. The van der Waals surface area contributed by atoms with E-state index in [0.29, 0.717) is 24.9 Å². The number of aryl methyl sites for hydroxylation is 1. The number of amides is 1. The molecule has 2 atom stereocenters. The van der Waals surface area contributed by atoms with Gasteiger partial charge in [-0.3, -0.25) is 14.5 Å². The molecule has 5 nitrogen and oxygen atoms in total. The normalized spacial score (nSPS) is 21.8. The lowest BCUT2D eigenvalue weighted by Gasteiger charge is -2.13. The lowest BCUT2D eigenvalue weighted by atomic mass is 10.1. The van der Waals surface area contributed by atoms with E-state index >= 15 is 0 Å². The Morgan fingerprint density at radius 2 is 2.09 bits per heavy atom. The van der Waals surface area contributed by atoms with Gasteiger partial charge in [0.1, 0.15) is 6.04 Å². The molecular formula is C15H18F2N2O3. The third-order valence-electron chi connectivity index (χ3n) is 3.82. The van der Waals surface area contributed by atoms with Gasteiger partial charge in [-0.25, -0.2) is 8.78 Å². The van der Waals surface area contributed by atoms with Crippen molar-refractivity contribution < 1.29 is 23.5 Å². The van der Waals surface area contributed by atoms with Crippen LogP contribution in [0.15, 0.2) is 18.2 Å². The van der Waals surface area contributed by atoms with Crippen molar-refractivity contribution in [2.24, 2.45) is 0 Å². The van der Waals surface area contributed by atoms with Gasteiger partial charge < -0.3 is 10.4 Å². The summed E-state index contributed by atoms with van der Waals surface area (Å²) in [5.41, 5.74) is 0.543. The molecule has 0 spiro atoms. The van der Waals surface area contributed by atoms with Gasteiger partial charge in [0, 0.05) is 19.0 Å². The number of rotatable bonds is 5. The van der Waals surface area contributed by atoms with E-state index in [0.717, 1.165) is 12.1 Å². The molecular weight excluding hydrogens is 294 g/mol. The Bertz CT molecular complexity index is 580. The Balaban J connectivity index is 1.81. The number of hydrogen-bond donors (Lipinski definition) is 2. The second-order valence-electron chi connectivity index (χ2n) is 5.54. The largest absolute Gasteiger partial charge is 0.480 e. The first-order chi connectivity index (χ1) is 10.4. The fourth-order valence-corrected chi connectivity index (χ4v) is 2.65. The minimum absolute atomic E-state index is 0.142. The predicted molar refractivity (Wildman–Crippen MR) is 75.3 cm³/mol. The van der Waals surface area contributed by atoms with Gasteiger partial charge in [0.2, 0.25) is 5.91 Å². The monoisotopic (exact) mass is 312 g/mol. The average Bonchev–Trinajstić information content (AvgIpc) is 2.81. The first-order valence-electron chi connectivity index (χ1n) is 7.03. The van der Waals surface area contributed by atoms with Crippen LogP contribution in [0.25, 0.3) is 0 Å². The van der Waals surface area contributed by atoms with Crippen molar-refractivity contribution in [1.82, 2.24) is 10.2 Å². The highest BCUT2D eigenvalue weighted by Gasteiger charge is 2.34. The number of likely N-dealkylation sites (N-methyl/N-ethyl adjacent to an activating group) is 1. The van der Waals surface area contributed by atoms with Gasteiger partial charge in [0.05, 0.1) is 0 Å². The molecule has 1 aromatic rings. The average molecular weight is 312 g/mol. The van der Waals surface area contributed by atoms with Crippen LogP contribution in [0.3, 0.4) is 0 Å². The molecule has 22 heavy (non-hydrogen) atoms. The smallest absolute Gasteiger partial charge is 0.320 e. The van der Waals surface area contributed by atoms with Gasteiger partial charge in [-0.2, -0.15) is 0 Å². The van der Waals surface area contributed by atoms with Crippen LogP contribution < -0.4 is 5.32 Å². The highest BCUT2D eigenvalue weighted by Crippen LogP contribution is 2.16. The van der Waals surface area contributed by atoms with Crippen molar-refractivity contribution in [3.8, 4) is 0 Å². The molecule has 1 amide bonds. The summed E-state index contributed by atoms with van der Waals surface area (Å²) in [5, 5.41) is 11.8. The third kappa shape index (κ3) is 4.00. The van der Waals surface area contributed by atoms with Crippen molar-refractivity contribution in [3.05, 3.63) is 35.4 Å². The number of carboxylic acid groups (broad SMARTS) is 1.